The molecule has 1 saturated heterocycles. The van der Waals surface area contributed by atoms with Crippen LogP contribution in [-0.4, -0.2) is 74.2 Å². The van der Waals surface area contributed by atoms with Crippen LogP contribution in [0.3, 0.4) is 0 Å². The zero-order chi connectivity index (χ0) is 29.9. The number of unbranched alkanes of at least 4 members (excludes halogenated alkanes) is 1. The standard InChI is InChI=1S/C34H36N6O3S/c1-24-7-6-8-25(19-24)22-40-28-10-3-2-9-27(28)32-33(40)35-34(37-36-32)44-18-5-4-11-31(41)39-16-14-38(15-17-39)21-26-12-13-29-30(20-26)43-23-42-29/h2-3,6-10,12-13,19-20H,4-5,11,14-18,21-23H2,1H3. The molecule has 5 aromatic rings. The number of nitrogens with zero attached hydrogens (tertiary/aromatic N) is 6. The minimum Gasteiger partial charge on any atom is -0.454 e. The summed E-state index contributed by atoms with van der Waals surface area (Å²) in [6.07, 6.45) is 2.35. The fourth-order valence-corrected chi connectivity index (χ4v) is 6.84. The minimum atomic E-state index is 0.248. The first kappa shape index (κ1) is 28.6. The first-order valence-electron chi connectivity index (χ1n) is 15.3. The molecule has 9 nitrogen and oxygen atoms in total. The van der Waals surface area contributed by atoms with Gasteiger partial charge in [-0.2, -0.15) is 0 Å². The van der Waals surface area contributed by atoms with E-state index >= 15 is 0 Å². The number of aromatic nitrogens is 4. The summed E-state index contributed by atoms with van der Waals surface area (Å²) >= 11 is 1.61. The molecule has 2 aromatic heterocycles. The molecule has 0 radical (unpaired) electrons. The number of fused-ring (bicyclic) bond motifs is 4. The number of ether oxygens (including phenoxy) is 2. The monoisotopic (exact) mass is 608 g/mol. The Bertz CT molecular complexity index is 1800. The molecule has 0 spiro atoms. The van der Waals surface area contributed by atoms with Crippen LogP contribution in [0, 0.1) is 6.92 Å². The number of carbonyl (C=O) groups is 1. The highest BCUT2D eigenvalue weighted by molar-refractivity contribution is 7.99. The fraction of sp³-hybridized carbons (Fsp3) is 0.353. The van der Waals surface area contributed by atoms with E-state index in [2.05, 4.69) is 81.2 Å². The molecule has 2 aliphatic heterocycles. The van der Waals surface area contributed by atoms with Gasteiger partial charge in [-0.05, 0) is 49.1 Å². The van der Waals surface area contributed by atoms with Gasteiger partial charge in [-0.25, -0.2) is 4.98 Å². The molecular formula is C34H36N6O3S. The van der Waals surface area contributed by atoms with Crippen LogP contribution in [-0.2, 0) is 17.9 Å². The highest BCUT2D eigenvalue weighted by Crippen LogP contribution is 2.33. The summed E-state index contributed by atoms with van der Waals surface area (Å²) in [5.41, 5.74) is 6.48. The molecule has 1 amide bonds. The number of hydrogen-bond acceptors (Lipinski definition) is 8. The number of piperazine rings is 1. The molecule has 226 valence electrons. The van der Waals surface area contributed by atoms with Crippen LogP contribution >= 0.6 is 11.8 Å². The van der Waals surface area contributed by atoms with Crippen molar-refractivity contribution in [1.82, 2.24) is 29.5 Å². The summed E-state index contributed by atoms with van der Waals surface area (Å²) in [5, 5.41) is 10.8. The van der Waals surface area contributed by atoms with Crippen molar-refractivity contribution < 1.29 is 14.3 Å². The molecular weight excluding hydrogens is 572 g/mol. The van der Waals surface area contributed by atoms with Gasteiger partial charge in [0.15, 0.2) is 17.1 Å². The highest BCUT2D eigenvalue weighted by Gasteiger charge is 2.22. The Morgan fingerprint density at radius 3 is 2.59 bits per heavy atom. The largest absolute Gasteiger partial charge is 0.454 e. The fourth-order valence-electron chi connectivity index (χ4n) is 6.06. The van der Waals surface area contributed by atoms with Crippen LogP contribution in [0.15, 0.2) is 71.9 Å². The lowest BCUT2D eigenvalue weighted by Gasteiger charge is -2.34. The molecule has 0 unspecified atom stereocenters. The van der Waals surface area contributed by atoms with E-state index in [1.165, 1.54) is 16.7 Å². The van der Waals surface area contributed by atoms with Crippen molar-refractivity contribution in [3.63, 3.8) is 0 Å². The Hall–Kier alpha value is -4.15. The third-order valence-electron chi connectivity index (χ3n) is 8.36. The first-order valence-corrected chi connectivity index (χ1v) is 16.3. The molecule has 0 atom stereocenters. The Morgan fingerprint density at radius 2 is 1.70 bits per heavy atom. The van der Waals surface area contributed by atoms with Crippen LogP contribution < -0.4 is 9.47 Å². The van der Waals surface area contributed by atoms with E-state index in [-0.39, 0.29) is 5.91 Å². The van der Waals surface area contributed by atoms with Gasteiger partial charge in [-0.1, -0.05) is 65.9 Å². The Kier molecular flexibility index (Phi) is 8.35. The Morgan fingerprint density at radius 1 is 0.864 bits per heavy atom. The van der Waals surface area contributed by atoms with Crippen molar-refractivity contribution in [3.8, 4) is 11.5 Å². The maximum absolute atomic E-state index is 12.9. The molecule has 0 aliphatic carbocycles. The number of aryl methyl sites for hydroxylation is 1. The zero-order valence-corrected chi connectivity index (χ0v) is 25.8. The summed E-state index contributed by atoms with van der Waals surface area (Å²) in [6.45, 7) is 7.29. The van der Waals surface area contributed by atoms with Crippen LogP contribution in [0.5, 0.6) is 11.5 Å². The van der Waals surface area contributed by atoms with Gasteiger partial charge in [0.2, 0.25) is 17.9 Å². The normalized spacial score (nSPS) is 15.0. The average molecular weight is 609 g/mol. The SMILES string of the molecule is Cc1cccc(Cn2c3ccccc3c3nnc(SCCCCC(=O)N4CCN(Cc5ccc6c(c5)OCO6)CC4)nc32)c1. The van der Waals surface area contributed by atoms with Gasteiger partial charge in [0.25, 0.3) is 0 Å². The second-order valence-electron chi connectivity index (χ2n) is 11.5. The van der Waals surface area contributed by atoms with Crippen molar-refractivity contribution >= 4 is 39.7 Å². The molecule has 4 heterocycles. The van der Waals surface area contributed by atoms with Gasteiger partial charge < -0.3 is 18.9 Å². The second-order valence-corrected chi connectivity index (χ2v) is 12.6. The molecule has 1 fully saturated rings. The topological polar surface area (TPSA) is 85.6 Å². The van der Waals surface area contributed by atoms with Gasteiger partial charge in [0.1, 0.15) is 5.52 Å². The first-order chi connectivity index (χ1) is 21.6. The van der Waals surface area contributed by atoms with Crippen molar-refractivity contribution in [3.05, 3.63) is 83.4 Å². The number of rotatable bonds is 10. The number of thioether (sulfide) groups is 1. The quantitative estimate of drug-likeness (QED) is 0.148. The molecule has 10 heteroatoms. The van der Waals surface area contributed by atoms with E-state index in [9.17, 15) is 4.79 Å². The van der Waals surface area contributed by atoms with Gasteiger partial charge in [-0.15, -0.1) is 10.2 Å². The van der Waals surface area contributed by atoms with Gasteiger partial charge in [0, 0.05) is 56.8 Å². The zero-order valence-electron chi connectivity index (χ0n) is 24.9. The number of benzene rings is 3. The molecule has 0 N–H and O–H groups in total. The number of para-hydroxylation sites is 1. The van der Waals surface area contributed by atoms with Crippen molar-refractivity contribution in [2.45, 2.75) is 44.4 Å². The second kappa shape index (κ2) is 12.8. The van der Waals surface area contributed by atoms with Crippen LogP contribution in [0.4, 0.5) is 0 Å². The van der Waals surface area contributed by atoms with Crippen LogP contribution in [0.2, 0.25) is 0 Å². The van der Waals surface area contributed by atoms with E-state index < -0.39 is 0 Å². The molecule has 2 aliphatic rings. The van der Waals surface area contributed by atoms with E-state index in [0.717, 1.165) is 91.4 Å². The van der Waals surface area contributed by atoms with Gasteiger partial charge in [0.05, 0.1) is 5.52 Å². The summed E-state index contributed by atoms with van der Waals surface area (Å²) in [6, 6.07) is 23.0. The smallest absolute Gasteiger partial charge is 0.231 e. The predicted molar refractivity (Wildman–Crippen MR) is 172 cm³/mol. The third-order valence-corrected chi connectivity index (χ3v) is 9.29. The van der Waals surface area contributed by atoms with Crippen molar-refractivity contribution in [2.24, 2.45) is 0 Å². The number of carbonyl (C=O) groups excluding carboxylic acids is 1. The van der Waals surface area contributed by atoms with E-state index in [1.807, 2.05) is 17.0 Å². The average Bonchev–Trinajstić information content (AvgIpc) is 3.63. The van der Waals surface area contributed by atoms with Crippen LogP contribution in [0.25, 0.3) is 22.1 Å². The highest BCUT2D eigenvalue weighted by atomic mass is 32.2. The van der Waals surface area contributed by atoms with Crippen molar-refractivity contribution in [2.75, 3.05) is 38.7 Å². The maximum Gasteiger partial charge on any atom is 0.231 e. The maximum atomic E-state index is 12.9. The Balaban J connectivity index is 0.895. The predicted octanol–water partition coefficient (Wildman–Crippen LogP) is 5.67. The molecule has 7 rings (SSSR count). The number of amides is 1. The lowest BCUT2D eigenvalue weighted by Crippen LogP contribution is -2.48. The molecule has 0 saturated carbocycles. The summed E-state index contributed by atoms with van der Waals surface area (Å²) in [7, 11) is 0. The lowest BCUT2D eigenvalue weighted by molar-refractivity contribution is -0.133. The van der Waals surface area contributed by atoms with E-state index in [1.54, 1.807) is 11.8 Å². The lowest BCUT2D eigenvalue weighted by atomic mass is 10.1. The number of hydrogen-bond donors (Lipinski definition) is 0. The molecule has 3 aromatic carbocycles. The van der Waals surface area contributed by atoms with Gasteiger partial charge in [-0.3, -0.25) is 9.69 Å². The molecule has 0 bridgehead atoms. The summed E-state index contributed by atoms with van der Waals surface area (Å²) < 4.78 is 13.2. The minimum absolute atomic E-state index is 0.248. The summed E-state index contributed by atoms with van der Waals surface area (Å²) in [5.74, 6) is 2.73. The molecule has 44 heavy (non-hydrogen) atoms. The summed E-state index contributed by atoms with van der Waals surface area (Å²) in [4.78, 5) is 22.3. The van der Waals surface area contributed by atoms with E-state index in [0.29, 0.717) is 18.4 Å². The van der Waals surface area contributed by atoms with Crippen LogP contribution in [0.1, 0.15) is 36.0 Å². The van der Waals surface area contributed by atoms with Crippen molar-refractivity contribution in [1.29, 1.82) is 0 Å². The Labute approximate surface area is 261 Å². The van der Waals surface area contributed by atoms with Gasteiger partial charge >= 0.3 is 0 Å². The third kappa shape index (κ3) is 6.23. The van der Waals surface area contributed by atoms with E-state index in [4.69, 9.17) is 14.5 Å².